The average Bonchev–Trinajstić information content (AvgIpc) is 2.53. The van der Waals surface area contributed by atoms with Crippen molar-refractivity contribution in [3.8, 4) is 11.8 Å². The topological polar surface area (TPSA) is 77.8 Å². The molecule has 0 aliphatic carbocycles. The summed E-state index contributed by atoms with van der Waals surface area (Å²) in [6.45, 7) is 4.03. The molecule has 2 rings (SSSR count). The molecule has 1 aliphatic heterocycles. The van der Waals surface area contributed by atoms with Crippen molar-refractivity contribution in [3.63, 3.8) is 0 Å². The molecule has 1 aliphatic rings. The summed E-state index contributed by atoms with van der Waals surface area (Å²) in [5, 5.41) is 21.8. The third-order valence-electron chi connectivity index (χ3n) is 3.52. The van der Waals surface area contributed by atoms with Gasteiger partial charge < -0.3 is 24.8 Å². The molecule has 0 unspecified atom stereocenters. The van der Waals surface area contributed by atoms with Crippen LogP contribution in [0.1, 0.15) is 5.56 Å². The lowest BCUT2D eigenvalue weighted by Crippen LogP contribution is -2.46. The summed E-state index contributed by atoms with van der Waals surface area (Å²) >= 11 is 0. The van der Waals surface area contributed by atoms with Crippen LogP contribution in [0, 0.1) is 11.3 Å². The van der Waals surface area contributed by atoms with Crippen LogP contribution in [0.15, 0.2) is 24.3 Å². The van der Waals surface area contributed by atoms with Crippen LogP contribution in [0.2, 0.25) is 0 Å². The van der Waals surface area contributed by atoms with E-state index in [1.54, 1.807) is 24.3 Å². The second-order valence-electron chi connectivity index (χ2n) is 5.51. The largest absolute Gasteiger partial charge is 0.491 e. The molecule has 1 aromatic rings. The van der Waals surface area contributed by atoms with E-state index in [-0.39, 0.29) is 12.7 Å². The Hall–Kier alpha value is -1.65. The molecule has 6 nitrogen and oxygen atoms in total. The fourth-order valence-electron chi connectivity index (χ4n) is 2.28. The zero-order valence-corrected chi connectivity index (χ0v) is 12.9. The monoisotopic (exact) mass is 305 g/mol. The molecule has 120 valence electrons. The molecule has 2 atom stereocenters. The van der Waals surface area contributed by atoms with Crippen molar-refractivity contribution in [2.45, 2.75) is 12.2 Å². The fourth-order valence-corrected chi connectivity index (χ4v) is 2.28. The highest BCUT2D eigenvalue weighted by Gasteiger charge is 2.17. The number of likely N-dealkylation sites (N-methyl/N-ethyl adjacent to an activating group) is 1. The van der Waals surface area contributed by atoms with Gasteiger partial charge in [0.2, 0.25) is 0 Å². The number of nitrogens with one attached hydrogen (secondary N) is 1. The highest BCUT2D eigenvalue weighted by molar-refractivity contribution is 5.34. The second kappa shape index (κ2) is 8.71. The van der Waals surface area contributed by atoms with Crippen molar-refractivity contribution in [1.82, 2.24) is 10.2 Å². The third kappa shape index (κ3) is 5.62. The van der Waals surface area contributed by atoms with Gasteiger partial charge in [0.05, 0.1) is 24.3 Å². The molecule has 0 amide bonds. The first-order valence-corrected chi connectivity index (χ1v) is 7.49. The van der Waals surface area contributed by atoms with Crippen molar-refractivity contribution in [2.24, 2.45) is 0 Å². The first kappa shape index (κ1) is 16.7. The van der Waals surface area contributed by atoms with Crippen LogP contribution in [0.25, 0.3) is 0 Å². The van der Waals surface area contributed by atoms with Crippen LogP contribution in [0.3, 0.4) is 0 Å². The molecule has 1 heterocycles. The molecule has 1 fully saturated rings. The number of benzene rings is 1. The van der Waals surface area contributed by atoms with E-state index in [4.69, 9.17) is 14.7 Å². The second-order valence-corrected chi connectivity index (χ2v) is 5.51. The van der Waals surface area contributed by atoms with E-state index in [1.165, 1.54) is 0 Å². The van der Waals surface area contributed by atoms with Crippen LogP contribution in [-0.4, -0.2) is 68.7 Å². The number of ether oxygens (including phenoxy) is 2. The number of nitrogens with zero attached hydrogens (tertiary/aromatic N) is 2. The van der Waals surface area contributed by atoms with Gasteiger partial charge in [0.1, 0.15) is 18.5 Å². The molecule has 0 radical (unpaired) electrons. The van der Waals surface area contributed by atoms with Crippen LogP contribution in [0.5, 0.6) is 5.75 Å². The van der Waals surface area contributed by atoms with Gasteiger partial charge in [-0.2, -0.15) is 5.26 Å². The van der Waals surface area contributed by atoms with Gasteiger partial charge in [-0.15, -0.1) is 0 Å². The van der Waals surface area contributed by atoms with Gasteiger partial charge in [0, 0.05) is 26.2 Å². The maximum Gasteiger partial charge on any atom is 0.119 e. The number of hydrogen-bond acceptors (Lipinski definition) is 6. The lowest BCUT2D eigenvalue weighted by atomic mass is 10.2. The number of hydrogen-bond donors (Lipinski definition) is 2. The van der Waals surface area contributed by atoms with Crippen molar-refractivity contribution >= 4 is 0 Å². The third-order valence-corrected chi connectivity index (χ3v) is 3.52. The van der Waals surface area contributed by atoms with E-state index in [2.05, 4.69) is 23.3 Å². The smallest absolute Gasteiger partial charge is 0.119 e. The predicted molar refractivity (Wildman–Crippen MR) is 82.8 cm³/mol. The minimum atomic E-state index is -0.586. The Kier molecular flexibility index (Phi) is 6.62. The molecule has 1 aromatic carbocycles. The number of morpholine rings is 1. The number of aliphatic hydroxyl groups is 1. The summed E-state index contributed by atoms with van der Waals surface area (Å²) < 4.78 is 11.1. The van der Waals surface area contributed by atoms with E-state index in [0.717, 1.165) is 26.2 Å². The maximum absolute atomic E-state index is 9.90. The van der Waals surface area contributed by atoms with Gasteiger partial charge in [0.25, 0.3) is 0 Å². The van der Waals surface area contributed by atoms with Crippen molar-refractivity contribution in [3.05, 3.63) is 29.8 Å². The van der Waals surface area contributed by atoms with Gasteiger partial charge in [-0.25, -0.2) is 0 Å². The summed E-state index contributed by atoms with van der Waals surface area (Å²) in [6, 6.07) is 8.89. The van der Waals surface area contributed by atoms with Crippen molar-refractivity contribution in [1.29, 1.82) is 5.26 Å². The molecule has 0 aromatic heterocycles. The molecule has 0 saturated carbocycles. The Bertz CT molecular complexity index is 486. The standard InChI is InChI=1S/C16H23N3O3/c1-19-6-7-21-16(11-19)10-18-9-14(20)12-22-15-4-2-13(8-17)3-5-15/h2-5,14,16,18,20H,6-7,9-12H2,1H3/t14-,16+/m1/s1. The summed E-state index contributed by atoms with van der Waals surface area (Å²) in [5.74, 6) is 0.648. The summed E-state index contributed by atoms with van der Waals surface area (Å²) in [7, 11) is 2.08. The minimum absolute atomic E-state index is 0.172. The van der Waals surface area contributed by atoms with Crippen LogP contribution < -0.4 is 10.1 Å². The Morgan fingerprint density at radius 2 is 2.27 bits per heavy atom. The summed E-state index contributed by atoms with van der Waals surface area (Å²) in [6.07, 6.45) is -0.414. The molecule has 0 spiro atoms. The van der Waals surface area contributed by atoms with E-state index in [0.29, 0.717) is 17.9 Å². The minimum Gasteiger partial charge on any atom is -0.491 e. The van der Waals surface area contributed by atoms with Gasteiger partial charge in [0.15, 0.2) is 0 Å². The highest BCUT2D eigenvalue weighted by atomic mass is 16.5. The van der Waals surface area contributed by atoms with Crippen LogP contribution >= 0.6 is 0 Å². The Labute approximate surface area is 131 Å². The van der Waals surface area contributed by atoms with Gasteiger partial charge in [-0.3, -0.25) is 0 Å². The number of rotatable bonds is 7. The van der Waals surface area contributed by atoms with Gasteiger partial charge in [-0.1, -0.05) is 0 Å². The lowest BCUT2D eigenvalue weighted by Gasteiger charge is -2.30. The zero-order chi connectivity index (χ0) is 15.8. The first-order chi connectivity index (χ1) is 10.7. The summed E-state index contributed by atoms with van der Waals surface area (Å²) in [4.78, 5) is 2.24. The SMILES string of the molecule is CN1CCO[C@@H](CNC[C@@H](O)COc2ccc(C#N)cc2)C1. The molecule has 22 heavy (non-hydrogen) atoms. The van der Waals surface area contributed by atoms with Crippen LogP contribution in [0.4, 0.5) is 0 Å². The first-order valence-electron chi connectivity index (χ1n) is 7.49. The molecular weight excluding hydrogens is 282 g/mol. The van der Waals surface area contributed by atoms with Crippen molar-refractivity contribution < 1.29 is 14.6 Å². The van der Waals surface area contributed by atoms with Gasteiger partial charge in [-0.05, 0) is 31.3 Å². The van der Waals surface area contributed by atoms with Crippen LogP contribution in [-0.2, 0) is 4.74 Å². The van der Waals surface area contributed by atoms with E-state index in [9.17, 15) is 5.11 Å². The van der Waals surface area contributed by atoms with Crippen molar-refractivity contribution in [2.75, 3.05) is 46.4 Å². The zero-order valence-electron chi connectivity index (χ0n) is 12.9. The molecular formula is C16H23N3O3. The van der Waals surface area contributed by atoms with Gasteiger partial charge >= 0.3 is 0 Å². The lowest BCUT2D eigenvalue weighted by molar-refractivity contribution is -0.0196. The van der Waals surface area contributed by atoms with E-state index >= 15 is 0 Å². The normalized spacial score (nSPS) is 20.3. The molecule has 0 bridgehead atoms. The Morgan fingerprint density at radius 3 is 2.95 bits per heavy atom. The predicted octanol–water partition coefficient (Wildman–Crippen LogP) is 0.218. The highest BCUT2D eigenvalue weighted by Crippen LogP contribution is 2.11. The number of aliphatic hydroxyl groups excluding tert-OH is 1. The van der Waals surface area contributed by atoms with E-state index < -0.39 is 6.10 Å². The Morgan fingerprint density at radius 1 is 1.50 bits per heavy atom. The quantitative estimate of drug-likeness (QED) is 0.750. The average molecular weight is 305 g/mol. The molecule has 1 saturated heterocycles. The summed E-state index contributed by atoms with van der Waals surface area (Å²) in [5.41, 5.74) is 0.590. The van der Waals surface area contributed by atoms with E-state index in [1.807, 2.05) is 0 Å². The number of nitriles is 1. The molecule has 6 heteroatoms. The molecule has 2 N–H and O–H groups in total. The fraction of sp³-hybridized carbons (Fsp3) is 0.562. The Balaban J connectivity index is 1.61. The maximum atomic E-state index is 9.90.